The standard InChI is InChI=1S/C22H35NO3/c24-12-10-22(25)23-11-13-26-17-6-9-19-16(14-17)5-8-20-18-3-1-2-15(18)4-7-21(19)20/h5,15,17-21,24H,1-4,6-14H2,(H,23,25)/t15?,17-,18?,19?,20?,21?/m0/s1. The average Bonchev–Trinajstić information content (AvgIpc) is 3.14. The third kappa shape index (κ3) is 3.87. The van der Waals surface area contributed by atoms with Crippen LogP contribution in [-0.4, -0.2) is 36.9 Å². The van der Waals surface area contributed by atoms with Crippen LogP contribution in [0.3, 0.4) is 0 Å². The second-order valence-corrected chi connectivity index (χ2v) is 8.98. The molecule has 4 rings (SSSR count). The maximum atomic E-state index is 11.4. The summed E-state index contributed by atoms with van der Waals surface area (Å²) in [5.41, 5.74) is 1.68. The first-order valence-corrected chi connectivity index (χ1v) is 10.9. The molecule has 0 radical (unpaired) electrons. The van der Waals surface area contributed by atoms with Crippen molar-refractivity contribution in [2.75, 3.05) is 19.8 Å². The minimum absolute atomic E-state index is 0.0887. The topological polar surface area (TPSA) is 58.6 Å². The van der Waals surface area contributed by atoms with E-state index in [-0.39, 0.29) is 18.9 Å². The van der Waals surface area contributed by atoms with E-state index in [1.807, 2.05) is 0 Å². The number of nitrogens with one attached hydrogen (secondary N) is 1. The number of ether oxygens (including phenoxy) is 1. The van der Waals surface area contributed by atoms with Crippen LogP contribution in [0, 0.1) is 29.6 Å². The lowest BCUT2D eigenvalue weighted by Crippen LogP contribution is -2.41. The highest BCUT2D eigenvalue weighted by Gasteiger charge is 2.47. The first-order chi connectivity index (χ1) is 12.8. The van der Waals surface area contributed by atoms with Gasteiger partial charge >= 0.3 is 0 Å². The molecule has 0 heterocycles. The number of hydrogen-bond acceptors (Lipinski definition) is 3. The molecule has 4 nitrogen and oxygen atoms in total. The number of rotatable bonds is 6. The second-order valence-electron chi connectivity index (χ2n) is 8.98. The van der Waals surface area contributed by atoms with Crippen molar-refractivity contribution in [1.82, 2.24) is 5.32 Å². The summed E-state index contributed by atoms with van der Waals surface area (Å²) in [5, 5.41) is 11.5. The van der Waals surface area contributed by atoms with Gasteiger partial charge in [-0.1, -0.05) is 24.5 Å². The molecular weight excluding hydrogens is 326 g/mol. The van der Waals surface area contributed by atoms with Crippen molar-refractivity contribution in [2.24, 2.45) is 29.6 Å². The van der Waals surface area contributed by atoms with Crippen molar-refractivity contribution in [1.29, 1.82) is 0 Å². The van der Waals surface area contributed by atoms with E-state index in [4.69, 9.17) is 9.84 Å². The van der Waals surface area contributed by atoms with Gasteiger partial charge in [-0.3, -0.25) is 4.79 Å². The van der Waals surface area contributed by atoms with Gasteiger partial charge in [-0.2, -0.15) is 0 Å². The number of aliphatic hydroxyl groups excluding tert-OH is 1. The van der Waals surface area contributed by atoms with E-state index in [1.165, 1.54) is 51.4 Å². The van der Waals surface area contributed by atoms with Gasteiger partial charge in [0.2, 0.25) is 5.91 Å². The number of allylic oxidation sites excluding steroid dienone is 1. The minimum Gasteiger partial charge on any atom is -0.396 e. The van der Waals surface area contributed by atoms with Crippen LogP contribution in [0.25, 0.3) is 0 Å². The molecule has 26 heavy (non-hydrogen) atoms. The Bertz CT molecular complexity index is 531. The van der Waals surface area contributed by atoms with Crippen molar-refractivity contribution < 1.29 is 14.6 Å². The number of hydrogen-bond donors (Lipinski definition) is 2. The van der Waals surface area contributed by atoms with E-state index in [0.717, 1.165) is 36.0 Å². The highest BCUT2D eigenvalue weighted by molar-refractivity contribution is 5.75. The zero-order valence-corrected chi connectivity index (χ0v) is 16.0. The molecule has 0 aliphatic heterocycles. The highest BCUT2D eigenvalue weighted by Crippen LogP contribution is 2.56. The van der Waals surface area contributed by atoms with E-state index < -0.39 is 0 Å². The number of aliphatic hydroxyl groups is 1. The molecule has 4 aliphatic rings. The van der Waals surface area contributed by atoms with Gasteiger partial charge in [0.05, 0.1) is 19.3 Å². The molecule has 3 saturated carbocycles. The van der Waals surface area contributed by atoms with Gasteiger partial charge in [0.25, 0.3) is 0 Å². The van der Waals surface area contributed by atoms with Gasteiger partial charge in [-0.05, 0) is 74.5 Å². The molecule has 0 aromatic carbocycles. The molecule has 0 saturated heterocycles. The highest BCUT2D eigenvalue weighted by atomic mass is 16.5. The van der Waals surface area contributed by atoms with Crippen molar-refractivity contribution in [2.45, 2.75) is 70.3 Å². The fourth-order valence-corrected chi connectivity index (χ4v) is 6.60. The van der Waals surface area contributed by atoms with Crippen LogP contribution in [0.15, 0.2) is 11.6 Å². The summed E-state index contributed by atoms with van der Waals surface area (Å²) in [5.74, 6) is 4.75. The maximum Gasteiger partial charge on any atom is 0.222 e. The minimum atomic E-state index is -0.0941. The third-order valence-corrected chi connectivity index (χ3v) is 7.71. The zero-order valence-electron chi connectivity index (χ0n) is 16.0. The Morgan fingerprint density at radius 2 is 2.04 bits per heavy atom. The Hall–Kier alpha value is -0.870. The average molecular weight is 362 g/mol. The molecule has 146 valence electrons. The number of amides is 1. The molecule has 0 spiro atoms. The molecule has 0 aromatic heterocycles. The Morgan fingerprint density at radius 1 is 1.12 bits per heavy atom. The molecule has 5 unspecified atom stereocenters. The normalized spacial score (nSPS) is 38.7. The van der Waals surface area contributed by atoms with Gasteiger partial charge < -0.3 is 15.2 Å². The van der Waals surface area contributed by atoms with Crippen molar-refractivity contribution in [3.05, 3.63) is 11.6 Å². The quantitative estimate of drug-likeness (QED) is 0.563. The lowest BCUT2D eigenvalue weighted by atomic mass is 9.57. The van der Waals surface area contributed by atoms with Crippen LogP contribution in [0.5, 0.6) is 0 Å². The molecule has 3 fully saturated rings. The molecule has 2 N–H and O–H groups in total. The maximum absolute atomic E-state index is 11.4. The van der Waals surface area contributed by atoms with Crippen molar-refractivity contribution in [3.63, 3.8) is 0 Å². The number of carbonyl (C=O) groups excluding carboxylic acids is 1. The van der Waals surface area contributed by atoms with Gasteiger partial charge in [0.15, 0.2) is 0 Å². The van der Waals surface area contributed by atoms with Crippen LogP contribution in [0.1, 0.15) is 64.2 Å². The lowest BCUT2D eigenvalue weighted by Gasteiger charge is -2.49. The first kappa shape index (κ1) is 18.5. The Morgan fingerprint density at radius 3 is 2.92 bits per heavy atom. The SMILES string of the molecule is O=C(CCO)NCCO[C@H]1CCC2C(=CCC3C4CCCC4CCC23)C1. The van der Waals surface area contributed by atoms with Crippen LogP contribution < -0.4 is 5.32 Å². The Kier molecular flexibility index (Phi) is 6.00. The lowest BCUT2D eigenvalue weighted by molar-refractivity contribution is -0.122. The largest absolute Gasteiger partial charge is 0.396 e. The van der Waals surface area contributed by atoms with E-state index >= 15 is 0 Å². The summed E-state index contributed by atoms with van der Waals surface area (Å²) in [7, 11) is 0. The smallest absolute Gasteiger partial charge is 0.222 e. The summed E-state index contributed by atoms with van der Waals surface area (Å²) >= 11 is 0. The molecule has 4 heteroatoms. The Balaban J connectivity index is 1.26. The summed E-state index contributed by atoms with van der Waals surface area (Å²) in [6, 6.07) is 0. The molecule has 1 amide bonds. The predicted octanol–water partition coefficient (Wildman–Crippen LogP) is 3.44. The predicted molar refractivity (Wildman–Crippen MR) is 102 cm³/mol. The van der Waals surface area contributed by atoms with E-state index in [0.29, 0.717) is 19.3 Å². The third-order valence-electron chi connectivity index (χ3n) is 7.71. The number of fused-ring (bicyclic) bond motifs is 5. The molecule has 0 aromatic rings. The van der Waals surface area contributed by atoms with E-state index in [1.54, 1.807) is 5.57 Å². The van der Waals surface area contributed by atoms with Crippen LogP contribution in [0.4, 0.5) is 0 Å². The first-order valence-electron chi connectivity index (χ1n) is 10.9. The van der Waals surface area contributed by atoms with Crippen LogP contribution >= 0.6 is 0 Å². The van der Waals surface area contributed by atoms with Crippen molar-refractivity contribution >= 4 is 5.91 Å². The molecular formula is C22H35NO3. The fourth-order valence-electron chi connectivity index (χ4n) is 6.60. The summed E-state index contributed by atoms with van der Waals surface area (Å²) in [6.45, 7) is 1.04. The molecule has 4 aliphatic carbocycles. The summed E-state index contributed by atoms with van der Waals surface area (Å²) in [4.78, 5) is 11.4. The Labute approximate surface area is 157 Å². The number of carbonyl (C=O) groups is 1. The van der Waals surface area contributed by atoms with E-state index in [9.17, 15) is 4.79 Å². The van der Waals surface area contributed by atoms with Gasteiger partial charge in [-0.15, -0.1) is 0 Å². The monoisotopic (exact) mass is 361 g/mol. The molecule has 0 bridgehead atoms. The summed E-state index contributed by atoms with van der Waals surface area (Å²) < 4.78 is 6.05. The fraction of sp³-hybridized carbons (Fsp3) is 0.864. The van der Waals surface area contributed by atoms with Gasteiger partial charge in [0.1, 0.15) is 0 Å². The van der Waals surface area contributed by atoms with Gasteiger partial charge in [0, 0.05) is 13.0 Å². The molecule has 6 atom stereocenters. The second kappa shape index (κ2) is 8.43. The van der Waals surface area contributed by atoms with Crippen LogP contribution in [0.2, 0.25) is 0 Å². The van der Waals surface area contributed by atoms with E-state index in [2.05, 4.69) is 11.4 Å². The summed E-state index contributed by atoms with van der Waals surface area (Å²) in [6.07, 6.45) is 15.4. The van der Waals surface area contributed by atoms with Gasteiger partial charge in [-0.25, -0.2) is 0 Å². The van der Waals surface area contributed by atoms with Crippen molar-refractivity contribution in [3.8, 4) is 0 Å². The zero-order chi connectivity index (χ0) is 17.9. The van der Waals surface area contributed by atoms with Crippen LogP contribution in [-0.2, 0) is 9.53 Å².